The van der Waals surface area contributed by atoms with Crippen LogP contribution in [0.3, 0.4) is 0 Å². The summed E-state index contributed by atoms with van der Waals surface area (Å²) < 4.78 is 0. The van der Waals surface area contributed by atoms with Crippen molar-refractivity contribution < 1.29 is 0 Å². The first kappa shape index (κ1) is 7.93. The molecule has 1 saturated carbocycles. The Labute approximate surface area is 74.6 Å². The van der Waals surface area contributed by atoms with E-state index in [1.807, 2.05) is 0 Å². The van der Waals surface area contributed by atoms with Crippen molar-refractivity contribution in [3.63, 3.8) is 0 Å². The van der Waals surface area contributed by atoms with Gasteiger partial charge in [0.1, 0.15) is 0 Å². The van der Waals surface area contributed by atoms with Gasteiger partial charge in [0, 0.05) is 6.54 Å². The fourth-order valence-electron chi connectivity index (χ4n) is 1.96. The van der Waals surface area contributed by atoms with Gasteiger partial charge in [-0.25, -0.2) is 0 Å². The van der Waals surface area contributed by atoms with E-state index in [9.17, 15) is 0 Å². The maximum atomic E-state index is 4.41. The first-order valence-corrected chi connectivity index (χ1v) is 5.31. The summed E-state index contributed by atoms with van der Waals surface area (Å²) in [6.45, 7) is 4.02. The maximum absolute atomic E-state index is 4.41. The minimum atomic E-state index is 0.646. The van der Waals surface area contributed by atoms with Crippen molar-refractivity contribution in [3.8, 4) is 0 Å². The van der Waals surface area contributed by atoms with Gasteiger partial charge in [-0.15, -0.1) is 0 Å². The minimum absolute atomic E-state index is 0.646. The van der Waals surface area contributed by atoms with E-state index in [-0.39, 0.29) is 0 Å². The van der Waals surface area contributed by atoms with Crippen LogP contribution in [-0.4, -0.2) is 30.3 Å². The molecule has 2 rings (SSSR count). The number of thiol groups is 1. The molecule has 0 aromatic carbocycles. The van der Waals surface area contributed by atoms with Crippen LogP contribution in [0.25, 0.3) is 0 Å². The van der Waals surface area contributed by atoms with Crippen LogP contribution in [0.15, 0.2) is 0 Å². The monoisotopic (exact) mass is 171 g/mol. The predicted molar refractivity (Wildman–Crippen MR) is 51.2 cm³/mol. The summed E-state index contributed by atoms with van der Waals surface area (Å²) in [5.74, 6) is 1.10. The number of hydrogen-bond donors (Lipinski definition) is 1. The van der Waals surface area contributed by atoms with E-state index in [1.165, 1.54) is 45.3 Å². The Bertz CT molecular complexity index is 136. The molecule has 1 saturated heterocycles. The van der Waals surface area contributed by atoms with Crippen LogP contribution in [-0.2, 0) is 0 Å². The Balaban J connectivity index is 1.80. The largest absolute Gasteiger partial charge is 0.303 e. The molecular weight excluding hydrogens is 154 g/mol. The summed E-state index contributed by atoms with van der Waals surface area (Å²) in [6, 6.07) is 0. The lowest BCUT2D eigenvalue weighted by Crippen LogP contribution is -2.28. The van der Waals surface area contributed by atoms with Gasteiger partial charge in [0.05, 0.1) is 0 Å². The zero-order valence-electron chi connectivity index (χ0n) is 7.05. The van der Waals surface area contributed by atoms with Gasteiger partial charge in [-0.2, -0.15) is 12.6 Å². The van der Waals surface area contributed by atoms with Crippen LogP contribution in [0.1, 0.15) is 25.7 Å². The summed E-state index contributed by atoms with van der Waals surface area (Å²) in [5.41, 5.74) is 0.646. The second kappa shape index (κ2) is 2.98. The third-order valence-electron chi connectivity index (χ3n) is 3.05. The fraction of sp³-hybridized carbons (Fsp3) is 1.00. The van der Waals surface area contributed by atoms with Crippen molar-refractivity contribution in [2.75, 3.05) is 25.4 Å². The first-order valence-electron chi connectivity index (χ1n) is 4.68. The highest BCUT2D eigenvalue weighted by molar-refractivity contribution is 7.80. The van der Waals surface area contributed by atoms with Crippen LogP contribution in [0.5, 0.6) is 0 Å². The SMILES string of the molecule is SCC1(CN2CCCC2)CC1. The molecular formula is C9H17NS. The second-order valence-electron chi connectivity index (χ2n) is 4.14. The summed E-state index contributed by atoms with van der Waals surface area (Å²) in [5, 5.41) is 0. The van der Waals surface area contributed by atoms with Crippen LogP contribution >= 0.6 is 12.6 Å². The van der Waals surface area contributed by atoms with Crippen LogP contribution in [0.2, 0.25) is 0 Å². The molecule has 1 aliphatic heterocycles. The second-order valence-corrected chi connectivity index (χ2v) is 4.46. The minimum Gasteiger partial charge on any atom is -0.303 e. The van der Waals surface area contributed by atoms with Crippen LogP contribution in [0.4, 0.5) is 0 Å². The Morgan fingerprint density at radius 3 is 2.27 bits per heavy atom. The Morgan fingerprint density at radius 1 is 1.18 bits per heavy atom. The first-order chi connectivity index (χ1) is 5.35. The van der Waals surface area contributed by atoms with Gasteiger partial charge in [0.2, 0.25) is 0 Å². The molecule has 0 aromatic rings. The Kier molecular flexibility index (Phi) is 2.15. The highest BCUT2D eigenvalue weighted by Gasteiger charge is 2.42. The average Bonchev–Trinajstić information content (AvgIpc) is 2.59. The molecule has 0 N–H and O–H groups in total. The van der Waals surface area contributed by atoms with Gasteiger partial charge in [-0.1, -0.05) is 0 Å². The smallest absolute Gasteiger partial charge is 0.00458 e. The standard InChI is InChI=1S/C9H17NS/c11-8-9(3-4-9)7-10-5-1-2-6-10/h11H,1-8H2. The molecule has 1 aliphatic carbocycles. The van der Waals surface area contributed by atoms with Gasteiger partial charge < -0.3 is 4.90 Å². The highest BCUT2D eigenvalue weighted by Crippen LogP contribution is 2.47. The number of hydrogen-bond acceptors (Lipinski definition) is 2. The molecule has 1 nitrogen and oxygen atoms in total. The van der Waals surface area contributed by atoms with Gasteiger partial charge >= 0.3 is 0 Å². The van der Waals surface area contributed by atoms with Gasteiger partial charge in [-0.3, -0.25) is 0 Å². The molecule has 0 atom stereocenters. The normalized spacial score (nSPS) is 29.2. The van der Waals surface area contributed by atoms with Crippen molar-refractivity contribution >= 4 is 12.6 Å². The summed E-state index contributed by atoms with van der Waals surface area (Å²) >= 11 is 4.41. The van der Waals surface area contributed by atoms with E-state index in [0.29, 0.717) is 5.41 Å². The van der Waals surface area contributed by atoms with Crippen LogP contribution in [0, 0.1) is 5.41 Å². The Morgan fingerprint density at radius 2 is 1.82 bits per heavy atom. The summed E-state index contributed by atoms with van der Waals surface area (Å²) in [6.07, 6.45) is 5.69. The number of rotatable bonds is 3. The molecule has 0 unspecified atom stereocenters. The van der Waals surface area contributed by atoms with E-state index >= 15 is 0 Å². The lowest BCUT2D eigenvalue weighted by atomic mass is 10.1. The van der Waals surface area contributed by atoms with Crippen molar-refractivity contribution in [1.82, 2.24) is 4.90 Å². The van der Waals surface area contributed by atoms with E-state index in [1.54, 1.807) is 0 Å². The van der Waals surface area contributed by atoms with Crippen molar-refractivity contribution in [1.29, 1.82) is 0 Å². The van der Waals surface area contributed by atoms with E-state index in [4.69, 9.17) is 0 Å². The predicted octanol–water partition coefficient (Wildman–Crippen LogP) is 1.79. The molecule has 64 valence electrons. The summed E-state index contributed by atoms with van der Waals surface area (Å²) in [7, 11) is 0. The molecule has 2 aliphatic rings. The van der Waals surface area contributed by atoms with Gasteiger partial charge in [-0.05, 0) is 49.9 Å². The number of likely N-dealkylation sites (tertiary alicyclic amines) is 1. The molecule has 0 spiro atoms. The highest BCUT2D eigenvalue weighted by atomic mass is 32.1. The topological polar surface area (TPSA) is 3.24 Å². The average molecular weight is 171 g/mol. The van der Waals surface area contributed by atoms with Crippen molar-refractivity contribution in [2.24, 2.45) is 5.41 Å². The van der Waals surface area contributed by atoms with Gasteiger partial charge in [0.25, 0.3) is 0 Å². The lowest BCUT2D eigenvalue weighted by molar-refractivity contribution is 0.279. The zero-order chi connectivity index (χ0) is 7.73. The maximum Gasteiger partial charge on any atom is 0.00458 e. The Hall–Kier alpha value is 0.310. The van der Waals surface area contributed by atoms with E-state index in [2.05, 4.69) is 17.5 Å². The van der Waals surface area contributed by atoms with Crippen molar-refractivity contribution in [2.45, 2.75) is 25.7 Å². The molecule has 1 heterocycles. The summed E-state index contributed by atoms with van der Waals surface area (Å²) in [4.78, 5) is 2.61. The third kappa shape index (κ3) is 1.73. The molecule has 2 fully saturated rings. The quantitative estimate of drug-likeness (QED) is 0.634. The van der Waals surface area contributed by atoms with E-state index < -0.39 is 0 Å². The molecule has 0 bridgehead atoms. The zero-order valence-corrected chi connectivity index (χ0v) is 7.95. The molecule has 2 heteroatoms. The molecule has 0 amide bonds. The van der Waals surface area contributed by atoms with Crippen molar-refractivity contribution in [3.05, 3.63) is 0 Å². The number of nitrogens with zero attached hydrogens (tertiary/aromatic N) is 1. The van der Waals surface area contributed by atoms with Crippen LogP contribution < -0.4 is 0 Å². The lowest BCUT2D eigenvalue weighted by Gasteiger charge is -2.20. The molecule has 0 radical (unpaired) electrons. The molecule has 11 heavy (non-hydrogen) atoms. The van der Waals surface area contributed by atoms with Gasteiger partial charge in [0.15, 0.2) is 0 Å². The van der Waals surface area contributed by atoms with E-state index in [0.717, 1.165) is 5.75 Å². The third-order valence-corrected chi connectivity index (χ3v) is 3.72. The molecule has 0 aromatic heterocycles. The fourth-order valence-corrected chi connectivity index (χ4v) is 2.37.